The van der Waals surface area contributed by atoms with Crippen molar-refractivity contribution >= 4 is 56.9 Å². The van der Waals surface area contributed by atoms with E-state index < -0.39 is 0 Å². The summed E-state index contributed by atoms with van der Waals surface area (Å²) in [5.41, 5.74) is 3.16. The maximum absolute atomic E-state index is 6.17. The zero-order valence-electron chi connectivity index (χ0n) is 15.0. The van der Waals surface area contributed by atoms with Gasteiger partial charge in [-0.25, -0.2) is 4.99 Å². The highest BCUT2D eigenvalue weighted by Crippen LogP contribution is 2.32. The van der Waals surface area contributed by atoms with Gasteiger partial charge in [0.25, 0.3) is 0 Å². The standard InChI is InChI=1S/C21H17ClN2OS2.BrH/c1-25-18-10-6-5-9-16(18)23-21-24(13-15-7-3-2-4-8-15)17(14-26-21)19-11-12-20(22)27-19;/h2-12,14H,13H2,1H3;1H. The second-order valence-electron chi connectivity index (χ2n) is 5.86. The number of thiophene rings is 1. The SMILES string of the molecule is Br.COc1ccccc1N=c1scc(-c2ccc(Cl)s2)n1Cc1ccccc1. The van der Waals surface area contributed by atoms with Crippen LogP contribution in [0.2, 0.25) is 4.34 Å². The van der Waals surface area contributed by atoms with Crippen molar-refractivity contribution in [2.45, 2.75) is 6.54 Å². The average Bonchev–Trinajstić information content (AvgIpc) is 3.29. The van der Waals surface area contributed by atoms with Crippen molar-refractivity contribution in [3.63, 3.8) is 0 Å². The molecule has 0 aliphatic carbocycles. The number of rotatable bonds is 5. The van der Waals surface area contributed by atoms with E-state index >= 15 is 0 Å². The third-order valence-corrected chi connectivity index (χ3v) is 6.23. The van der Waals surface area contributed by atoms with E-state index in [1.807, 2.05) is 36.4 Å². The van der Waals surface area contributed by atoms with Gasteiger partial charge in [0.2, 0.25) is 0 Å². The van der Waals surface area contributed by atoms with Crippen LogP contribution >= 0.6 is 51.3 Å². The van der Waals surface area contributed by atoms with E-state index in [1.54, 1.807) is 29.8 Å². The van der Waals surface area contributed by atoms with Crippen LogP contribution in [0.5, 0.6) is 5.75 Å². The molecule has 0 amide bonds. The van der Waals surface area contributed by atoms with Gasteiger partial charge in [-0.2, -0.15) is 0 Å². The quantitative estimate of drug-likeness (QED) is 0.300. The van der Waals surface area contributed by atoms with Crippen molar-refractivity contribution in [3.05, 3.63) is 86.8 Å². The summed E-state index contributed by atoms with van der Waals surface area (Å²) in [4.78, 5) is 6.94. The Bertz CT molecular complexity index is 1120. The summed E-state index contributed by atoms with van der Waals surface area (Å²) in [6, 6.07) is 22.2. The number of para-hydroxylation sites is 2. The second-order valence-corrected chi connectivity index (χ2v) is 8.41. The van der Waals surface area contributed by atoms with Crippen LogP contribution < -0.4 is 9.54 Å². The minimum Gasteiger partial charge on any atom is -0.494 e. The van der Waals surface area contributed by atoms with Crippen LogP contribution in [0.3, 0.4) is 0 Å². The van der Waals surface area contributed by atoms with E-state index in [-0.39, 0.29) is 17.0 Å². The van der Waals surface area contributed by atoms with Crippen molar-refractivity contribution in [2.75, 3.05) is 7.11 Å². The molecule has 0 spiro atoms. The Hall–Kier alpha value is -1.86. The molecule has 0 bridgehead atoms. The molecule has 0 fully saturated rings. The van der Waals surface area contributed by atoms with Gasteiger partial charge < -0.3 is 9.30 Å². The lowest BCUT2D eigenvalue weighted by atomic mass is 10.2. The highest BCUT2D eigenvalue weighted by molar-refractivity contribution is 8.93. The zero-order chi connectivity index (χ0) is 18.6. The van der Waals surface area contributed by atoms with Gasteiger partial charge in [0.05, 0.1) is 28.6 Å². The molecular formula is C21H18BrClN2OS2. The summed E-state index contributed by atoms with van der Waals surface area (Å²) >= 11 is 9.37. The molecule has 0 unspecified atom stereocenters. The highest BCUT2D eigenvalue weighted by Gasteiger charge is 2.12. The first-order chi connectivity index (χ1) is 13.2. The van der Waals surface area contributed by atoms with E-state index in [2.05, 4.69) is 40.3 Å². The van der Waals surface area contributed by atoms with Gasteiger partial charge in [-0.15, -0.1) is 39.7 Å². The molecule has 2 aromatic heterocycles. The number of thiazole rings is 1. The molecule has 4 aromatic rings. The van der Waals surface area contributed by atoms with Crippen LogP contribution in [0, 0.1) is 0 Å². The number of benzene rings is 2. The van der Waals surface area contributed by atoms with Crippen LogP contribution in [0.15, 0.2) is 77.1 Å². The fourth-order valence-electron chi connectivity index (χ4n) is 2.81. The Morgan fingerprint density at radius 2 is 1.75 bits per heavy atom. The maximum atomic E-state index is 6.17. The normalized spacial score (nSPS) is 11.3. The van der Waals surface area contributed by atoms with Gasteiger partial charge in [-0.3, -0.25) is 0 Å². The number of hydrogen-bond donors (Lipinski definition) is 0. The van der Waals surface area contributed by atoms with Gasteiger partial charge in [-0.1, -0.05) is 54.1 Å². The van der Waals surface area contributed by atoms with E-state index in [0.29, 0.717) is 0 Å². The molecule has 28 heavy (non-hydrogen) atoms. The number of methoxy groups -OCH3 is 1. The first-order valence-electron chi connectivity index (χ1n) is 8.40. The summed E-state index contributed by atoms with van der Waals surface area (Å²) in [5, 5.41) is 2.14. The first kappa shape index (κ1) is 20.9. The Balaban J connectivity index is 0.00000225. The maximum Gasteiger partial charge on any atom is 0.190 e. The predicted molar refractivity (Wildman–Crippen MR) is 125 cm³/mol. The minimum atomic E-state index is 0. The largest absolute Gasteiger partial charge is 0.494 e. The Morgan fingerprint density at radius 1 is 1.00 bits per heavy atom. The van der Waals surface area contributed by atoms with Gasteiger partial charge in [0.15, 0.2) is 4.80 Å². The fraction of sp³-hybridized carbons (Fsp3) is 0.0952. The number of ether oxygens (including phenoxy) is 1. The lowest BCUT2D eigenvalue weighted by Crippen LogP contribution is -2.16. The molecule has 0 aliphatic rings. The lowest BCUT2D eigenvalue weighted by Gasteiger charge is -2.09. The van der Waals surface area contributed by atoms with Gasteiger partial charge in [-0.05, 0) is 29.8 Å². The van der Waals surface area contributed by atoms with E-state index in [9.17, 15) is 0 Å². The lowest BCUT2D eigenvalue weighted by molar-refractivity contribution is 0.416. The summed E-state index contributed by atoms with van der Waals surface area (Å²) in [7, 11) is 1.67. The van der Waals surface area contributed by atoms with Gasteiger partial charge in [0.1, 0.15) is 11.4 Å². The molecule has 0 atom stereocenters. The summed E-state index contributed by atoms with van der Waals surface area (Å²) < 4.78 is 8.47. The second kappa shape index (κ2) is 9.56. The molecule has 0 saturated heterocycles. The topological polar surface area (TPSA) is 26.5 Å². The van der Waals surface area contributed by atoms with Crippen LogP contribution in [-0.4, -0.2) is 11.7 Å². The van der Waals surface area contributed by atoms with Crippen molar-refractivity contribution in [2.24, 2.45) is 4.99 Å². The third kappa shape index (κ3) is 4.58. The molecular weight excluding hydrogens is 476 g/mol. The van der Waals surface area contributed by atoms with Gasteiger partial charge in [0, 0.05) is 5.38 Å². The van der Waals surface area contributed by atoms with Crippen molar-refractivity contribution in [1.29, 1.82) is 0 Å². The first-order valence-corrected chi connectivity index (χ1v) is 10.5. The van der Waals surface area contributed by atoms with E-state index in [1.165, 1.54) is 5.56 Å². The average molecular weight is 494 g/mol. The smallest absolute Gasteiger partial charge is 0.190 e. The number of aromatic nitrogens is 1. The van der Waals surface area contributed by atoms with Crippen molar-refractivity contribution in [3.8, 4) is 16.3 Å². The van der Waals surface area contributed by atoms with Crippen LogP contribution in [-0.2, 0) is 6.54 Å². The molecule has 7 heteroatoms. The summed E-state index contributed by atoms with van der Waals surface area (Å²) in [5.74, 6) is 0.762. The molecule has 0 saturated carbocycles. The summed E-state index contributed by atoms with van der Waals surface area (Å²) in [6.45, 7) is 0.739. The Morgan fingerprint density at radius 3 is 2.46 bits per heavy atom. The van der Waals surface area contributed by atoms with Crippen LogP contribution in [0.25, 0.3) is 10.6 Å². The van der Waals surface area contributed by atoms with Crippen molar-refractivity contribution in [1.82, 2.24) is 4.57 Å². The van der Waals surface area contributed by atoms with E-state index in [0.717, 1.165) is 37.7 Å². The molecule has 2 aromatic carbocycles. The fourth-order valence-corrected chi connectivity index (χ4v) is 4.87. The molecule has 144 valence electrons. The molecule has 2 heterocycles. The van der Waals surface area contributed by atoms with Gasteiger partial charge >= 0.3 is 0 Å². The Labute approximate surface area is 187 Å². The van der Waals surface area contributed by atoms with Crippen molar-refractivity contribution < 1.29 is 4.74 Å². The Kier molecular flexibility index (Phi) is 7.13. The number of hydrogen-bond acceptors (Lipinski definition) is 4. The highest BCUT2D eigenvalue weighted by atomic mass is 79.9. The predicted octanol–water partition coefficient (Wildman–Crippen LogP) is 6.80. The third-order valence-electron chi connectivity index (χ3n) is 4.11. The molecule has 0 N–H and O–H groups in total. The molecule has 4 rings (SSSR count). The molecule has 3 nitrogen and oxygen atoms in total. The minimum absolute atomic E-state index is 0. The van der Waals surface area contributed by atoms with Crippen LogP contribution in [0.1, 0.15) is 5.56 Å². The zero-order valence-corrected chi connectivity index (χ0v) is 19.1. The molecule has 0 aliphatic heterocycles. The number of halogens is 2. The monoisotopic (exact) mass is 492 g/mol. The number of nitrogens with zero attached hydrogens (tertiary/aromatic N) is 2. The molecule has 0 radical (unpaired) electrons. The summed E-state index contributed by atoms with van der Waals surface area (Å²) in [6.07, 6.45) is 0. The van der Waals surface area contributed by atoms with E-state index in [4.69, 9.17) is 21.3 Å². The van der Waals surface area contributed by atoms with Crippen LogP contribution in [0.4, 0.5) is 5.69 Å².